The molecule has 23 heavy (non-hydrogen) atoms. The predicted molar refractivity (Wildman–Crippen MR) is 73.5 cm³/mol. The first-order valence-corrected chi connectivity index (χ1v) is 9.04. The van der Waals surface area contributed by atoms with Gasteiger partial charge in [-0.15, -0.1) is 5.12 Å². The smallest absolute Gasteiger partial charge is 0.390 e. The van der Waals surface area contributed by atoms with Crippen molar-refractivity contribution in [3.05, 3.63) is 35.4 Å². The van der Waals surface area contributed by atoms with Gasteiger partial charge in [-0.2, -0.15) is 8.78 Å². The minimum absolute atomic E-state index is 0.200. The Balaban J connectivity index is 3.21. The molecule has 0 radical (unpaired) electrons. The van der Waals surface area contributed by atoms with Crippen molar-refractivity contribution in [3.8, 4) is 0 Å². The van der Waals surface area contributed by atoms with Crippen LogP contribution in [0.15, 0.2) is 18.2 Å². The molecule has 0 saturated heterocycles. The zero-order chi connectivity index (χ0) is 17.8. The normalized spacial score (nSPS) is 12.3. The summed E-state index contributed by atoms with van der Waals surface area (Å²) in [6, 6.07) is 2.27. The molecule has 0 aliphatic heterocycles. The van der Waals surface area contributed by atoms with Crippen LogP contribution in [0.1, 0.15) is 24.2 Å². The topological polar surface area (TPSA) is 38.8 Å². The van der Waals surface area contributed by atoms with E-state index in [0.29, 0.717) is 12.1 Å². The van der Waals surface area contributed by atoms with Gasteiger partial charge in [0.1, 0.15) is 0 Å². The van der Waals surface area contributed by atoms with Crippen LogP contribution in [0.2, 0.25) is 6.55 Å². The lowest BCUT2D eigenvalue weighted by Crippen LogP contribution is -2.63. The molecule has 130 valence electrons. The maximum Gasteiger partial charge on any atom is 0.442 e. The van der Waals surface area contributed by atoms with Crippen molar-refractivity contribution in [2.24, 2.45) is 0 Å². The van der Waals surface area contributed by atoms with E-state index in [-0.39, 0.29) is 13.2 Å². The van der Waals surface area contributed by atoms with Crippen LogP contribution in [-0.2, 0) is 8.85 Å². The lowest BCUT2D eigenvalue weighted by atomic mass is 10.2. The van der Waals surface area contributed by atoms with Gasteiger partial charge >= 0.3 is 14.2 Å². The average molecular weight is 357 g/mol. The molecule has 0 unspecified atom stereocenters. The van der Waals surface area contributed by atoms with E-state index in [1.54, 1.807) is 0 Å². The van der Waals surface area contributed by atoms with Crippen molar-refractivity contribution in [2.75, 3.05) is 13.2 Å². The minimum Gasteiger partial charge on any atom is -0.390 e. The minimum atomic E-state index is -4.49. The number of amides is 1. The zero-order valence-corrected chi connectivity index (χ0v) is 13.7. The number of benzene rings is 1. The Labute approximate surface area is 131 Å². The molecule has 0 atom stereocenters. The first-order valence-electron chi connectivity index (χ1n) is 6.72. The fourth-order valence-electron chi connectivity index (χ4n) is 1.85. The van der Waals surface area contributed by atoms with Gasteiger partial charge in [-0.1, -0.05) is 10.5 Å². The van der Waals surface area contributed by atoms with Crippen molar-refractivity contribution in [2.45, 2.75) is 26.1 Å². The molecule has 0 aromatic heterocycles. The van der Waals surface area contributed by atoms with Crippen LogP contribution in [0.5, 0.6) is 0 Å². The number of hydrogen-bond acceptors (Lipinski definition) is 3. The Morgan fingerprint density at radius 1 is 1.22 bits per heavy atom. The summed E-state index contributed by atoms with van der Waals surface area (Å²) >= 11 is 0. The first kappa shape index (κ1) is 19.5. The molecule has 0 N–H and O–H groups in total. The van der Waals surface area contributed by atoms with E-state index in [1.807, 2.05) is 0 Å². The van der Waals surface area contributed by atoms with Crippen molar-refractivity contribution >= 4 is 14.5 Å². The Hall–Kier alpha value is -1.52. The molecule has 1 aromatic rings. The lowest BCUT2D eigenvalue weighted by Gasteiger charge is -2.35. The molecular formula is C13H16F5NO3Si. The van der Waals surface area contributed by atoms with Crippen LogP contribution < -0.4 is 0 Å². The van der Waals surface area contributed by atoms with Gasteiger partial charge in [0.05, 0.1) is 5.56 Å². The Bertz CT molecular complexity index is 567. The van der Waals surface area contributed by atoms with E-state index in [9.17, 15) is 26.8 Å². The van der Waals surface area contributed by atoms with E-state index in [4.69, 9.17) is 8.85 Å². The maximum absolute atomic E-state index is 14.3. The van der Waals surface area contributed by atoms with Crippen LogP contribution >= 0.6 is 0 Å². The third-order valence-corrected chi connectivity index (χ3v) is 5.96. The Morgan fingerprint density at radius 2 is 1.74 bits per heavy atom. The number of alkyl halides is 2. The van der Waals surface area contributed by atoms with Crippen molar-refractivity contribution < 1.29 is 35.7 Å². The molecule has 1 aromatic carbocycles. The summed E-state index contributed by atoms with van der Waals surface area (Å²) in [6.45, 7) is 3.28. The van der Waals surface area contributed by atoms with Crippen LogP contribution in [0.3, 0.4) is 0 Å². The molecule has 0 heterocycles. The summed E-state index contributed by atoms with van der Waals surface area (Å²) in [7, 11) is -4.49. The molecule has 0 aliphatic rings. The summed E-state index contributed by atoms with van der Waals surface area (Å²) in [6.07, 6.45) is 0. The van der Waals surface area contributed by atoms with E-state index in [2.05, 4.69) is 0 Å². The highest BCUT2D eigenvalue weighted by molar-refractivity contribution is 6.68. The second kappa shape index (κ2) is 7.36. The van der Waals surface area contributed by atoms with Crippen LogP contribution in [-0.4, -0.2) is 38.5 Å². The van der Waals surface area contributed by atoms with E-state index in [0.717, 1.165) is 12.6 Å². The van der Waals surface area contributed by atoms with Crippen molar-refractivity contribution in [3.63, 3.8) is 0 Å². The number of carbonyl (C=O) groups is 1. The fourth-order valence-corrected chi connectivity index (χ4v) is 3.84. The fraction of sp³-hybridized carbons (Fsp3) is 0.462. The standard InChI is InChI=1S/C13H16F5NO3Si/c1-4-21-23(3,22-5-2)13(16,17)19(18)12(20)9-7-6-8-10(14)11(9)15/h6-8H,4-5H2,1-3H3. The third kappa shape index (κ3) is 3.70. The quantitative estimate of drug-likeness (QED) is 0.324. The summed E-state index contributed by atoms with van der Waals surface area (Å²) in [5, 5.41) is -1.46. The number of rotatable bonds is 7. The van der Waals surface area contributed by atoms with Gasteiger partial charge in [0.15, 0.2) is 11.6 Å². The number of halogens is 5. The molecular weight excluding hydrogens is 341 g/mol. The highest BCUT2D eigenvalue weighted by Crippen LogP contribution is 2.35. The lowest BCUT2D eigenvalue weighted by molar-refractivity contribution is -0.174. The Morgan fingerprint density at radius 3 is 2.22 bits per heavy atom. The summed E-state index contributed by atoms with van der Waals surface area (Å²) in [4.78, 5) is 11.8. The first-order chi connectivity index (χ1) is 10.6. The zero-order valence-electron chi connectivity index (χ0n) is 12.7. The van der Waals surface area contributed by atoms with Gasteiger partial charge in [-0.25, -0.2) is 8.78 Å². The van der Waals surface area contributed by atoms with Gasteiger partial charge in [0, 0.05) is 13.2 Å². The summed E-state index contributed by atoms with van der Waals surface area (Å²) in [5.74, 6) is -5.19. The number of carbonyl (C=O) groups excluding carboxylic acids is 1. The average Bonchev–Trinajstić information content (AvgIpc) is 2.49. The molecule has 4 nitrogen and oxygen atoms in total. The van der Waals surface area contributed by atoms with Gasteiger partial charge in [0.2, 0.25) is 0 Å². The van der Waals surface area contributed by atoms with E-state index in [1.165, 1.54) is 13.8 Å². The van der Waals surface area contributed by atoms with Crippen LogP contribution in [0.25, 0.3) is 0 Å². The molecule has 1 rings (SSSR count). The summed E-state index contributed by atoms with van der Waals surface area (Å²) in [5.41, 5.74) is -5.61. The highest BCUT2D eigenvalue weighted by Gasteiger charge is 2.64. The largest absolute Gasteiger partial charge is 0.442 e. The third-order valence-electron chi connectivity index (χ3n) is 2.99. The van der Waals surface area contributed by atoms with Gasteiger partial charge in [-0.05, 0) is 32.5 Å². The summed E-state index contributed by atoms with van der Waals surface area (Å²) < 4.78 is 79.0. The predicted octanol–water partition coefficient (Wildman–Crippen LogP) is 3.57. The second-order valence-electron chi connectivity index (χ2n) is 4.54. The van der Waals surface area contributed by atoms with Crippen LogP contribution in [0, 0.1) is 11.6 Å². The van der Waals surface area contributed by atoms with Crippen molar-refractivity contribution in [1.82, 2.24) is 5.12 Å². The van der Waals surface area contributed by atoms with Gasteiger partial charge in [0.25, 0.3) is 5.91 Å². The van der Waals surface area contributed by atoms with E-state index < -0.39 is 42.5 Å². The second-order valence-corrected chi connectivity index (χ2v) is 7.61. The monoisotopic (exact) mass is 357 g/mol. The molecule has 0 spiro atoms. The number of hydrogen-bond donors (Lipinski definition) is 0. The molecule has 0 fully saturated rings. The van der Waals surface area contributed by atoms with E-state index >= 15 is 0 Å². The molecule has 1 amide bonds. The molecule has 0 saturated carbocycles. The van der Waals surface area contributed by atoms with Gasteiger partial charge < -0.3 is 8.85 Å². The molecule has 0 bridgehead atoms. The number of nitrogens with zero attached hydrogens (tertiary/aromatic N) is 1. The molecule has 10 heteroatoms. The maximum atomic E-state index is 14.3. The Kier molecular flexibility index (Phi) is 6.25. The van der Waals surface area contributed by atoms with Gasteiger partial charge in [-0.3, -0.25) is 4.79 Å². The highest BCUT2D eigenvalue weighted by atomic mass is 28.4. The molecule has 0 aliphatic carbocycles. The SMILES string of the molecule is CCO[Si](C)(OCC)C(F)(F)N(F)C(=O)c1cccc(F)c1F. The van der Waals surface area contributed by atoms with Crippen LogP contribution in [0.4, 0.5) is 22.0 Å². The van der Waals surface area contributed by atoms with Crippen molar-refractivity contribution in [1.29, 1.82) is 0 Å².